The van der Waals surface area contributed by atoms with E-state index in [0.717, 1.165) is 5.56 Å². The minimum absolute atomic E-state index is 0.357. The molecule has 1 atom stereocenters. The van der Waals surface area contributed by atoms with Crippen LogP contribution < -0.4 is 4.74 Å². The molecule has 2 aromatic rings. The second-order valence-electron chi connectivity index (χ2n) is 3.81. The molecule has 0 spiro atoms. The van der Waals surface area contributed by atoms with Gasteiger partial charge in [-0.15, -0.1) is 0 Å². The summed E-state index contributed by atoms with van der Waals surface area (Å²) in [4.78, 5) is 4.05. The molecule has 1 aromatic carbocycles. The van der Waals surface area contributed by atoms with Crippen molar-refractivity contribution in [1.29, 1.82) is 5.26 Å². The van der Waals surface area contributed by atoms with Crippen molar-refractivity contribution in [2.75, 3.05) is 0 Å². The number of ether oxygens (including phenoxy) is 1. The van der Waals surface area contributed by atoms with Crippen LogP contribution in [0.4, 0.5) is 0 Å². The van der Waals surface area contributed by atoms with E-state index in [1.807, 2.05) is 0 Å². The van der Waals surface area contributed by atoms with Crippen molar-refractivity contribution in [3.8, 4) is 17.7 Å². The van der Waals surface area contributed by atoms with Crippen LogP contribution in [-0.2, 0) is 0 Å². The number of nitrogens with zero attached hydrogens (tertiary/aromatic N) is 2. The Hall–Kier alpha value is -2.38. The van der Waals surface area contributed by atoms with E-state index in [9.17, 15) is 5.11 Å². The van der Waals surface area contributed by atoms with E-state index >= 15 is 0 Å². The number of para-hydroxylation sites is 1. The molecule has 0 aliphatic rings. The van der Waals surface area contributed by atoms with Crippen molar-refractivity contribution < 1.29 is 9.84 Å². The number of pyridine rings is 1. The summed E-state index contributed by atoms with van der Waals surface area (Å²) in [6.07, 6.45) is 0.980. The molecular weight excluding hydrogens is 228 g/mol. The van der Waals surface area contributed by atoms with Crippen LogP contribution in [-0.4, -0.2) is 10.1 Å². The Morgan fingerprint density at radius 3 is 2.83 bits per heavy atom. The molecule has 0 aliphatic carbocycles. The van der Waals surface area contributed by atoms with Gasteiger partial charge in [-0.3, -0.25) is 0 Å². The van der Waals surface area contributed by atoms with E-state index in [1.54, 1.807) is 49.5 Å². The minimum Gasteiger partial charge on any atom is -0.438 e. The SMILES string of the molecule is C[C@H](O)c1ccnc(Oc2ccccc2C#N)c1. The van der Waals surface area contributed by atoms with Crippen LogP contribution in [0.25, 0.3) is 0 Å². The van der Waals surface area contributed by atoms with E-state index in [2.05, 4.69) is 11.1 Å². The molecule has 1 aromatic heterocycles. The van der Waals surface area contributed by atoms with Crippen molar-refractivity contribution in [2.45, 2.75) is 13.0 Å². The topological polar surface area (TPSA) is 66.1 Å². The number of aliphatic hydroxyl groups excluding tert-OH is 1. The molecule has 18 heavy (non-hydrogen) atoms. The van der Waals surface area contributed by atoms with E-state index in [1.165, 1.54) is 0 Å². The Morgan fingerprint density at radius 2 is 2.11 bits per heavy atom. The minimum atomic E-state index is -0.582. The highest BCUT2D eigenvalue weighted by Crippen LogP contribution is 2.24. The smallest absolute Gasteiger partial charge is 0.219 e. The summed E-state index contributed by atoms with van der Waals surface area (Å²) >= 11 is 0. The Bertz CT molecular complexity index is 588. The van der Waals surface area contributed by atoms with Crippen LogP contribution >= 0.6 is 0 Å². The molecule has 0 aliphatic heterocycles. The molecule has 0 fully saturated rings. The number of hydrogen-bond acceptors (Lipinski definition) is 4. The Labute approximate surface area is 105 Å². The second kappa shape index (κ2) is 5.30. The highest BCUT2D eigenvalue weighted by molar-refractivity contribution is 5.44. The molecule has 1 N–H and O–H groups in total. The molecule has 0 unspecified atom stereocenters. The highest BCUT2D eigenvalue weighted by Gasteiger charge is 2.07. The molecular formula is C14H12N2O2. The summed E-state index contributed by atoms with van der Waals surface area (Å²) in [5.41, 5.74) is 1.16. The lowest BCUT2D eigenvalue weighted by Crippen LogP contribution is -1.95. The summed E-state index contributed by atoms with van der Waals surface area (Å²) in [5, 5.41) is 18.4. The van der Waals surface area contributed by atoms with E-state index in [4.69, 9.17) is 10.00 Å². The van der Waals surface area contributed by atoms with Crippen molar-refractivity contribution in [3.05, 3.63) is 53.7 Å². The van der Waals surface area contributed by atoms with Crippen LogP contribution in [0.15, 0.2) is 42.6 Å². The summed E-state index contributed by atoms with van der Waals surface area (Å²) in [6.45, 7) is 1.67. The van der Waals surface area contributed by atoms with Gasteiger partial charge in [0.1, 0.15) is 11.8 Å². The van der Waals surface area contributed by atoms with Crippen molar-refractivity contribution in [1.82, 2.24) is 4.98 Å². The summed E-state index contributed by atoms with van der Waals surface area (Å²) in [5.74, 6) is 0.811. The monoisotopic (exact) mass is 240 g/mol. The first-order valence-electron chi connectivity index (χ1n) is 5.51. The molecule has 0 radical (unpaired) electrons. The molecule has 4 heteroatoms. The zero-order valence-corrected chi connectivity index (χ0v) is 9.87. The molecule has 0 bridgehead atoms. The van der Waals surface area contributed by atoms with E-state index < -0.39 is 6.10 Å². The summed E-state index contributed by atoms with van der Waals surface area (Å²) in [7, 11) is 0. The predicted molar refractivity (Wildman–Crippen MR) is 66.1 cm³/mol. The Kier molecular flexibility index (Phi) is 3.56. The predicted octanol–water partition coefficient (Wildman–Crippen LogP) is 2.80. The van der Waals surface area contributed by atoms with E-state index in [0.29, 0.717) is 17.2 Å². The number of aliphatic hydroxyl groups is 1. The molecule has 0 saturated carbocycles. The lowest BCUT2D eigenvalue weighted by atomic mass is 10.2. The third-order valence-electron chi connectivity index (χ3n) is 2.46. The van der Waals surface area contributed by atoms with Gasteiger partial charge in [-0.25, -0.2) is 4.98 Å². The zero-order chi connectivity index (χ0) is 13.0. The van der Waals surface area contributed by atoms with Crippen LogP contribution in [0.3, 0.4) is 0 Å². The van der Waals surface area contributed by atoms with Gasteiger partial charge in [0.05, 0.1) is 11.7 Å². The first-order valence-corrected chi connectivity index (χ1v) is 5.51. The fraction of sp³-hybridized carbons (Fsp3) is 0.143. The molecule has 4 nitrogen and oxygen atoms in total. The maximum absolute atomic E-state index is 9.48. The van der Waals surface area contributed by atoms with Gasteiger partial charge < -0.3 is 9.84 Å². The van der Waals surface area contributed by atoms with Gasteiger partial charge in [0.25, 0.3) is 0 Å². The van der Waals surface area contributed by atoms with Gasteiger partial charge in [0, 0.05) is 12.3 Å². The van der Waals surface area contributed by atoms with Gasteiger partial charge in [0.2, 0.25) is 5.88 Å². The number of nitriles is 1. The molecule has 90 valence electrons. The first kappa shape index (κ1) is 12.1. The molecule has 0 saturated heterocycles. The maximum atomic E-state index is 9.48. The average Bonchev–Trinajstić information content (AvgIpc) is 2.39. The number of rotatable bonds is 3. The second-order valence-corrected chi connectivity index (χ2v) is 3.81. The largest absolute Gasteiger partial charge is 0.438 e. The quantitative estimate of drug-likeness (QED) is 0.895. The summed E-state index contributed by atoms with van der Waals surface area (Å²) < 4.78 is 5.55. The number of benzene rings is 1. The fourth-order valence-corrected chi connectivity index (χ4v) is 1.50. The maximum Gasteiger partial charge on any atom is 0.219 e. The molecule has 1 heterocycles. The highest BCUT2D eigenvalue weighted by atomic mass is 16.5. The van der Waals surface area contributed by atoms with E-state index in [-0.39, 0.29) is 0 Å². The van der Waals surface area contributed by atoms with Gasteiger partial charge in [-0.2, -0.15) is 5.26 Å². The van der Waals surface area contributed by atoms with Crippen molar-refractivity contribution >= 4 is 0 Å². The molecule has 2 rings (SSSR count). The lowest BCUT2D eigenvalue weighted by molar-refractivity contribution is 0.198. The first-order chi connectivity index (χ1) is 8.70. The Balaban J connectivity index is 2.29. The van der Waals surface area contributed by atoms with Gasteiger partial charge in [-0.05, 0) is 30.7 Å². The van der Waals surface area contributed by atoms with Crippen LogP contribution in [0.5, 0.6) is 11.6 Å². The molecule has 0 amide bonds. The number of aromatic nitrogens is 1. The van der Waals surface area contributed by atoms with Crippen molar-refractivity contribution in [2.24, 2.45) is 0 Å². The standard InChI is InChI=1S/C14H12N2O2/c1-10(17)11-6-7-16-14(8-11)18-13-5-3-2-4-12(13)9-15/h2-8,10,17H,1H3/t10-/m0/s1. The van der Waals surface area contributed by atoms with Crippen molar-refractivity contribution in [3.63, 3.8) is 0 Å². The van der Waals surface area contributed by atoms with Crippen LogP contribution in [0.1, 0.15) is 24.2 Å². The third kappa shape index (κ3) is 2.65. The fourth-order valence-electron chi connectivity index (χ4n) is 1.50. The normalized spacial score (nSPS) is 11.6. The summed E-state index contributed by atoms with van der Waals surface area (Å²) in [6, 6.07) is 12.4. The Morgan fingerprint density at radius 1 is 1.33 bits per heavy atom. The lowest BCUT2D eigenvalue weighted by Gasteiger charge is -2.08. The van der Waals surface area contributed by atoms with Gasteiger partial charge >= 0.3 is 0 Å². The zero-order valence-electron chi connectivity index (χ0n) is 9.87. The van der Waals surface area contributed by atoms with Crippen LogP contribution in [0, 0.1) is 11.3 Å². The number of hydrogen-bond donors (Lipinski definition) is 1. The van der Waals surface area contributed by atoms with Crippen LogP contribution in [0.2, 0.25) is 0 Å². The van der Waals surface area contributed by atoms with Gasteiger partial charge in [-0.1, -0.05) is 12.1 Å². The third-order valence-corrected chi connectivity index (χ3v) is 2.46. The van der Waals surface area contributed by atoms with Gasteiger partial charge in [0.15, 0.2) is 0 Å². The average molecular weight is 240 g/mol.